The van der Waals surface area contributed by atoms with Gasteiger partial charge >= 0.3 is 0 Å². The van der Waals surface area contributed by atoms with E-state index in [2.05, 4.69) is 33.2 Å². The molecule has 1 aliphatic heterocycles. The highest BCUT2D eigenvalue weighted by atomic mass is 127. The number of fused-ring (bicyclic) bond motifs is 1. The third-order valence-electron chi connectivity index (χ3n) is 3.28. The molecule has 5 heteroatoms. The first kappa shape index (κ1) is 13.7. The predicted octanol–water partition coefficient (Wildman–Crippen LogP) is 3.92. The highest BCUT2D eigenvalue weighted by Crippen LogP contribution is 2.27. The summed E-state index contributed by atoms with van der Waals surface area (Å²) in [5, 5.41) is 6.66. The molecule has 2 N–H and O–H groups in total. The summed E-state index contributed by atoms with van der Waals surface area (Å²) in [7, 11) is 0. The summed E-state index contributed by atoms with van der Waals surface area (Å²) in [5.74, 6) is -0.0655. The monoisotopic (exact) mass is 398 g/mol. The van der Waals surface area contributed by atoms with E-state index in [1.54, 1.807) is 0 Å². The Balaban J connectivity index is 1.72. The maximum atomic E-state index is 12.3. The van der Waals surface area contributed by atoms with Crippen LogP contribution in [-0.4, -0.2) is 11.9 Å². The van der Waals surface area contributed by atoms with Crippen LogP contribution in [0.25, 0.3) is 0 Å². The van der Waals surface area contributed by atoms with Gasteiger partial charge in [-0.25, -0.2) is 0 Å². The molecule has 2 aromatic carbocycles. The normalized spacial score (nSPS) is 16.4. The van der Waals surface area contributed by atoms with E-state index in [1.807, 2.05) is 42.5 Å². The lowest BCUT2D eigenvalue weighted by Gasteiger charge is -2.13. The number of amides is 1. The first-order chi connectivity index (χ1) is 9.63. The summed E-state index contributed by atoms with van der Waals surface area (Å²) in [6.45, 7) is 0. The van der Waals surface area contributed by atoms with Gasteiger partial charge in [-0.3, -0.25) is 4.79 Å². The molecule has 0 aliphatic carbocycles. The molecule has 0 aromatic heterocycles. The molecule has 1 aliphatic rings. The predicted molar refractivity (Wildman–Crippen MR) is 90.4 cm³/mol. The third-order valence-corrected chi connectivity index (χ3v) is 4.26. The molecule has 20 heavy (non-hydrogen) atoms. The quantitative estimate of drug-likeness (QED) is 0.753. The molecule has 0 saturated heterocycles. The smallest absolute Gasteiger partial charge is 0.247 e. The number of rotatable bonds is 2. The molecule has 1 atom stereocenters. The fraction of sp³-hybridized carbons (Fsp3) is 0.133. The first-order valence-electron chi connectivity index (χ1n) is 6.24. The number of carbonyl (C=O) groups excluding carboxylic acids is 1. The highest BCUT2D eigenvalue weighted by molar-refractivity contribution is 14.1. The van der Waals surface area contributed by atoms with Gasteiger partial charge in [0, 0.05) is 15.7 Å². The zero-order valence-corrected chi connectivity index (χ0v) is 13.4. The molecule has 0 spiro atoms. The van der Waals surface area contributed by atoms with Gasteiger partial charge in [0.25, 0.3) is 0 Å². The molecule has 1 amide bonds. The van der Waals surface area contributed by atoms with E-state index in [1.165, 1.54) is 5.56 Å². The van der Waals surface area contributed by atoms with Crippen molar-refractivity contribution in [1.82, 2.24) is 0 Å². The van der Waals surface area contributed by atoms with E-state index >= 15 is 0 Å². The molecule has 0 fully saturated rings. The molecule has 0 radical (unpaired) electrons. The van der Waals surface area contributed by atoms with Gasteiger partial charge in [0.05, 0.1) is 10.7 Å². The Morgan fingerprint density at radius 1 is 1.30 bits per heavy atom. The Morgan fingerprint density at radius 2 is 2.10 bits per heavy atom. The lowest BCUT2D eigenvalue weighted by molar-refractivity contribution is -0.116. The topological polar surface area (TPSA) is 41.1 Å². The maximum absolute atomic E-state index is 12.3. The Kier molecular flexibility index (Phi) is 3.85. The lowest BCUT2D eigenvalue weighted by Crippen LogP contribution is -2.32. The SMILES string of the molecule is O=C(Nc1ccc(I)cc1Cl)[C@@H]1Cc2ccccc2N1. The number of halogens is 2. The van der Waals surface area contributed by atoms with Gasteiger partial charge in [-0.15, -0.1) is 0 Å². The van der Waals surface area contributed by atoms with Gasteiger partial charge < -0.3 is 10.6 Å². The van der Waals surface area contributed by atoms with Crippen molar-refractivity contribution in [3.8, 4) is 0 Å². The van der Waals surface area contributed by atoms with Crippen LogP contribution in [0.5, 0.6) is 0 Å². The third kappa shape index (κ3) is 2.76. The van der Waals surface area contributed by atoms with Crippen LogP contribution in [0.15, 0.2) is 42.5 Å². The molecule has 3 nitrogen and oxygen atoms in total. The zero-order chi connectivity index (χ0) is 14.1. The van der Waals surface area contributed by atoms with Crippen LogP contribution in [0.4, 0.5) is 11.4 Å². The number of hydrogen-bond donors (Lipinski definition) is 2. The first-order valence-corrected chi connectivity index (χ1v) is 7.69. The molecule has 0 unspecified atom stereocenters. The van der Waals surface area contributed by atoms with Crippen molar-refractivity contribution < 1.29 is 4.79 Å². The summed E-state index contributed by atoms with van der Waals surface area (Å²) in [6, 6.07) is 13.3. The summed E-state index contributed by atoms with van der Waals surface area (Å²) in [6.07, 6.45) is 0.698. The van der Waals surface area contributed by atoms with Crippen molar-refractivity contribution in [2.75, 3.05) is 10.6 Å². The largest absolute Gasteiger partial charge is 0.373 e. The summed E-state index contributed by atoms with van der Waals surface area (Å²) in [5.41, 5.74) is 2.84. The second-order valence-corrected chi connectivity index (χ2v) is 6.32. The Labute approximate surface area is 135 Å². The van der Waals surface area contributed by atoms with Crippen LogP contribution in [0, 0.1) is 3.57 Å². The summed E-state index contributed by atoms with van der Waals surface area (Å²) >= 11 is 8.31. The van der Waals surface area contributed by atoms with Crippen LogP contribution in [0.1, 0.15) is 5.56 Å². The Morgan fingerprint density at radius 3 is 2.85 bits per heavy atom. The summed E-state index contributed by atoms with van der Waals surface area (Å²) < 4.78 is 1.04. The second kappa shape index (κ2) is 5.61. The van der Waals surface area contributed by atoms with Crippen LogP contribution in [0.2, 0.25) is 5.02 Å². The fourth-order valence-electron chi connectivity index (χ4n) is 2.27. The minimum atomic E-state index is -0.247. The van der Waals surface area contributed by atoms with E-state index in [9.17, 15) is 4.79 Å². The van der Waals surface area contributed by atoms with Gasteiger partial charge in [-0.05, 0) is 52.4 Å². The van der Waals surface area contributed by atoms with E-state index in [0.29, 0.717) is 17.1 Å². The van der Waals surface area contributed by atoms with Crippen molar-refractivity contribution >= 4 is 51.5 Å². The minimum Gasteiger partial charge on any atom is -0.373 e. The van der Waals surface area contributed by atoms with Gasteiger partial charge in [-0.2, -0.15) is 0 Å². The van der Waals surface area contributed by atoms with E-state index in [4.69, 9.17) is 11.6 Å². The van der Waals surface area contributed by atoms with E-state index < -0.39 is 0 Å². The number of nitrogens with one attached hydrogen (secondary N) is 2. The van der Waals surface area contributed by atoms with Gasteiger partial charge in [0.15, 0.2) is 0 Å². The number of para-hydroxylation sites is 1. The number of benzene rings is 2. The number of carbonyl (C=O) groups is 1. The molecular weight excluding hydrogens is 387 g/mol. The van der Waals surface area contributed by atoms with Crippen molar-refractivity contribution in [2.24, 2.45) is 0 Å². The van der Waals surface area contributed by atoms with Crippen LogP contribution >= 0.6 is 34.2 Å². The fourth-order valence-corrected chi connectivity index (χ4v) is 3.17. The van der Waals surface area contributed by atoms with Crippen molar-refractivity contribution in [1.29, 1.82) is 0 Å². The van der Waals surface area contributed by atoms with Crippen molar-refractivity contribution in [3.05, 3.63) is 56.6 Å². The molecule has 0 bridgehead atoms. The van der Waals surface area contributed by atoms with Crippen LogP contribution in [0.3, 0.4) is 0 Å². The van der Waals surface area contributed by atoms with Gasteiger partial charge in [0.2, 0.25) is 5.91 Å². The van der Waals surface area contributed by atoms with Gasteiger partial charge in [0.1, 0.15) is 6.04 Å². The minimum absolute atomic E-state index is 0.0655. The van der Waals surface area contributed by atoms with Crippen LogP contribution < -0.4 is 10.6 Å². The molecular formula is C15H12ClIN2O. The Bertz CT molecular complexity index is 650. The number of hydrogen-bond acceptors (Lipinski definition) is 2. The average Bonchev–Trinajstić information content (AvgIpc) is 2.86. The second-order valence-electron chi connectivity index (χ2n) is 4.67. The molecule has 0 saturated carbocycles. The van der Waals surface area contributed by atoms with Crippen molar-refractivity contribution in [2.45, 2.75) is 12.5 Å². The maximum Gasteiger partial charge on any atom is 0.247 e. The van der Waals surface area contributed by atoms with E-state index in [0.717, 1.165) is 9.26 Å². The van der Waals surface area contributed by atoms with E-state index in [-0.39, 0.29) is 11.9 Å². The molecule has 2 aromatic rings. The molecule has 1 heterocycles. The Hall–Kier alpha value is -1.27. The highest BCUT2D eigenvalue weighted by Gasteiger charge is 2.26. The summed E-state index contributed by atoms with van der Waals surface area (Å²) in [4.78, 5) is 12.3. The van der Waals surface area contributed by atoms with Gasteiger partial charge in [-0.1, -0.05) is 29.8 Å². The number of anilines is 2. The van der Waals surface area contributed by atoms with Crippen molar-refractivity contribution in [3.63, 3.8) is 0 Å². The standard InChI is InChI=1S/C15H12ClIN2O/c16-11-8-10(17)5-6-13(11)19-15(20)14-7-9-3-1-2-4-12(9)18-14/h1-6,8,14,18H,7H2,(H,19,20)/t14-/m0/s1. The average molecular weight is 399 g/mol. The molecule has 3 rings (SSSR count). The molecule has 102 valence electrons. The lowest BCUT2D eigenvalue weighted by atomic mass is 10.1. The van der Waals surface area contributed by atoms with Crippen LogP contribution in [-0.2, 0) is 11.2 Å². The zero-order valence-electron chi connectivity index (χ0n) is 10.5.